The van der Waals surface area contributed by atoms with Crippen LogP contribution in [0.4, 0.5) is 4.79 Å². The van der Waals surface area contributed by atoms with Crippen LogP contribution in [0.3, 0.4) is 0 Å². The van der Waals surface area contributed by atoms with E-state index in [1.54, 1.807) is 0 Å². The van der Waals surface area contributed by atoms with E-state index in [4.69, 9.17) is 5.73 Å². The van der Waals surface area contributed by atoms with Gasteiger partial charge in [-0.1, -0.05) is 0 Å². The highest BCUT2D eigenvalue weighted by molar-refractivity contribution is 5.81. The molecule has 0 unspecified atom stereocenters. The van der Waals surface area contributed by atoms with Crippen molar-refractivity contribution in [2.24, 2.45) is 5.73 Å². The summed E-state index contributed by atoms with van der Waals surface area (Å²) in [5.74, 6) is -0.286. The van der Waals surface area contributed by atoms with Gasteiger partial charge >= 0.3 is 6.09 Å². The molecule has 0 atom stereocenters. The zero-order chi connectivity index (χ0) is 9.40. The van der Waals surface area contributed by atoms with Gasteiger partial charge in [-0.3, -0.25) is 4.79 Å². The summed E-state index contributed by atoms with van der Waals surface area (Å²) in [6.45, 7) is 0.693. The molecule has 0 radical (unpaired) electrons. The number of nitrogens with two attached hydrogens (primary N) is 1. The normalized spacial score (nSPS) is 8.83. The molecule has 0 saturated heterocycles. The maximum absolute atomic E-state index is 10.8. The van der Waals surface area contributed by atoms with E-state index in [9.17, 15) is 9.59 Å². The van der Waals surface area contributed by atoms with Gasteiger partial charge in [0.2, 0.25) is 5.91 Å². The largest absolute Gasteiger partial charge is 0.453 e. The van der Waals surface area contributed by atoms with Crippen LogP contribution in [-0.2, 0) is 9.53 Å². The highest BCUT2D eigenvalue weighted by Gasteiger charge is 2.02. The van der Waals surface area contributed by atoms with E-state index >= 15 is 0 Å². The van der Waals surface area contributed by atoms with Crippen LogP contribution < -0.4 is 16.4 Å². The smallest absolute Gasteiger partial charge is 0.407 e. The van der Waals surface area contributed by atoms with Gasteiger partial charge < -0.3 is 21.1 Å². The Morgan fingerprint density at radius 3 is 2.58 bits per heavy atom. The summed E-state index contributed by atoms with van der Waals surface area (Å²) < 4.78 is 4.25. The molecule has 4 N–H and O–H groups in total. The predicted octanol–water partition coefficient (Wildman–Crippen LogP) is -1.58. The number of carbonyl (C=O) groups excluding carboxylic acids is 2. The average Bonchev–Trinajstić information content (AvgIpc) is 2.10. The third-order valence-corrected chi connectivity index (χ3v) is 1.05. The first-order valence-electron chi connectivity index (χ1n) is 3.49. The molecule has 70 valence electrons. The minimum Gasteiger partial charge on any atom is -0.453 e. The lowest BCUT2D eigenvalue weighted by molar-refractivity contribution is -0.120. The molecule has 0 heterocycles. The van der Waals surface area contributed by atoms with Crippen molar-refractivity contribution in [1.29, 1.82) is 0 Å². The number of hydrogen-bond donors (Lipinski definition) is 3. The molecule has 0 aliphatic carbocycles. The molecule has 12 heavy (non-hydrogen) atoms. The highest BCUT2D eigenvalue weighted by atomic mass is 16.5. The first-order chi connectivity index (χ1) is 5.70. The van der Waals surface area contributed by atoms with Gasteiger partial charge in [0, 0.05) is 13.1 Å². The standard InChI is InChI=1S/C6H13N3O3/c1-12-6(11)9-4-5(10)8-3-2-7/h2-4,7H2,1H3,(H,8,10)(H,9,11). The van der Waals surface area contributed by atoms with Crippen LogP contribution in [0.1, 0.15) is 0 Å². The number of ether oxygens (including phenoxy) is 1. The predicted molar refractivity (Wildman–Crippen MR) is 42.5 cm³/mol. The van der Waals surface area contributed by atoms with Crippen LogP contribution in [0, 0.1) is 0 Å². The van der Waals surface area contributed by atoms with Gasteiger partial charge in [0.1, 0.15) is 0 Å². The summed E-state index contributed by atoms with van der Waals surface area (Å²) in [5.41, 5.74) is 5.13. The van der Waals surface area contributed by atoms with Crippen molar-refractivity contribution in [2.75, 3.05) is 26.7 Å². The summed E-state index contributed by atoms with van der Waals surface area (Å²) >= 11 is 0. The molecular weight excluding hydrogens is 162 g/mol. The average molecular weight is 175 g/mol. The summed E-state index contributed by atoms with van der Waals surface area (Å²) in [6.07, 6.45) is -0.627. The second-order valence-corrected chi connectivity index (χ2v) is 1.98. The van der Waals surface area contributed by atoms with E-state index in [0.29, 0.717) is 13.1 Å². The fraction of sp³-hybridized carbons (Fsp3) is 0.667. The number of alkyl carbamates (subject to hydrolysis) is 1. The number of carbonyl (C=O) groups is 2. The quantitative estimate of drug-likeness (QED) is 0.480. The fourth-order valence-electron chi connectivity index (χ4n) is 0.499. The molecule has 2 amide bonds. The molecule has 0 spiro atoms. The van der Waals surface area contributed by atoms with Crippen molar-refractivity contribution in [2.45, 2.75) is 0 Å². The highest BCUT2D eigenvalue weighted by Crippen LogP contribution is 1.70. The Balaban J connectivity index is 3.37. The minimum atomic E-state index is -0.627. The Bertz CT molecular complexity index is 160. The third-order valence-electron chi connectivity index (χ3n) is 1.05. The molecule has 0 aromatic rings. The second-order valence-electron chi connectivity index (χ2n) is 1.98. The molecule has 0 rings (SSSR count). The van der Waals surface area contributed by atoms with Crippen molar-refractivity contribution in [1.82, 2.24) is 10.6 Å². The van der Waals surface area contributed by atoms with Crippen LogP contribution in [-0.4, -0.2) is 38.7 Å². The van der Waals surface area contributed by atoms with Gasteiger partial charge in [0.15, 0.2) is 0 Å². The van der Waals surface area contributed by atoms with Crippen LogP contribution in [0.15, 0.2) is 0 Å². The van der Waals surface area contributed by atoms with Crippen molar-refractivity contribution in [3.8, 4) is 0 Å². The zero-order valence-corrected chi connectivity index (χ0v) is 6.92. The molecule has 0 aliphatic heterocycles. The van der Waals surface area contributed by atoms with Gasteiger partial charge in [-0.2, -0.15) is 0 Å². The van der Waals surface area contributed by atoms with Crippen LogP contribution in [0.25, 0.3) is 0 Å². The summed E-state index contributed by atoms with van der Waals surface area (Å²) in [5, 5.41) is 4.70. The lowest BCUT2D eigenvalue weighted by atomic mass is 10.5. The minimum absolute atomic E-state index is 0.0906. The van der Waals surface area contributed by atoms with Gasteiger partial charge in [-0.15, -0.1) is 0 Å². The van der Waals surface area contributed by atoms with Gasteiger partial charge in [-0.25, -0.2) is 4.79 Å². The Hall–Kier alpha value is -1.30. The zero-order valence-electron chi connectivity index (χ0n) is 6.92. The Morgan fingerprint density at radius 1 is 1.42 bits per heavy atom. The number of nitrogens with one attached hydrogen (secondary N) is 2. The summed E-state index contributed by atoms with van der Waals surface area (Å²) in [4.78, 5) is 21.2. The first kappa shape index (κ1) is 10.7. The molecule has 0 aromatic heterocycles. The molecule has 6 heteroatoms. The fourth-order valence-corrected chi connectivity index (χ4v) is 0.499. The molecule has 6 nitrogen and oxygen atoms in total. The Morgan fingerprint density at radius 2 is 2.08 bits per heavy atom. The SMILES string of the molecule is COC(=O)NCC(=O)NCCN. The number of hydrogen-bond acceptors (Lipinski definition) is 4. The monoisotopic (exact) mass is 175 g/mol. The van der Waals surface area contributed by atoms with E-state index in [2.05, 4.69) is 15.4 Å². The summed E-state index contributed by atoms with van der Waals surface area (Å²) in [7, 11) is 1.23. The topological polar surface area (TPSA) is 93.4 Å². The van der Waals surface area contributed by atoms with Crippen LogP contribution >= 0.6 is 0 Å². The first-order valence-corrected chi connectivity index (χ1v) is 3.49. The van der Waals surface area contributed by atoms with E-state index in [0.717, 1.165) is 0 Å². The van der Waals surface area contributed by atoms with Crippen molar-refractivity contribution in [3.63, 3.8) is 0 Å². The summed E-state index contributed by atoms with van der Waals surface area (Å²) in [6, 6.07) is 0. The maximum Gasteiger partial charge on any atom is 0.407 e. The van der Waals surface area contributed by atoms with Crippen LogP contribution in [0.5, 0.6) is 0 Å². The number of methoxy groups -OCH3 is 1. The number of rotatable bonds is 4. The van der Waals surface area contributed by atoms with Crippen molar-refractivity contribution in [3.05, 3.63) is 0 Å². The van der Waals surface area contributed by atoms with E-state index in [1.165, 1.54) is 7.11 Å². The maximum atomic E-state index is 10.8. The van der Waals surface area contributed by atoms with Gasteiger partial charge in [0.25, 0.3) is 0 Å². The molecule has 0 bridgehead atoms. The van der Waals surface area contributed by atoms with Crippen molar-refractivity contribution >= 4 is 12.0 Å². The van der Waals surface area contributed by atoms with Gasteiger partial charge in [-0.05, 0) is 0 Å². The van der Waals surface area contributed by atoms with Crippen molar-refractivity contribution < 1.29 is 14.3 Å². The van der Waals surface area contributed by atoms with Crippen LogP contribution in [0.2, 0.25) is 0 Å². The molecular formula is C6H13N3O3. The molecule has 0 aliphatic rings. The second kappa shape index (κ2) is 6.41. The lowest BCUT2D eigenvalue weighted by Gasteiger charge is -2.03. The Labute approximate surface area is 70.4 Å². The molecule has 0 fully saturated rings. The number of amides is 2. The molecule has 0 aromatic carbocycles. The third kappa shape index (κ3) is 5.48. The molecule has 0 saturated carbocycles. The van der Waals surface area contributed by atoms with E-state index < -0.39 is 6.09 Å². The van der Waals surface area contributed by atoms with Gasteiger partial charge in [0.05, 0.1) is 13.7 Å². The van der Waals surface area contributed by atoms with E-state index in [-0.39, 0.29) is 12.5 Å². The Kier molecular flexibility index (Phi) is 5.72. The lowest BCUT2D eigenvalue weighted by Crippen LogP contribution is -2.38. The van der Waals surface area contributed by atoms with E-state index in [1.807, 2.05) is 0 Å².